The molecule has 0 aromatic carbocycles. The van der Waals surface area contributed by atoms with E-state index in [4.69, 9.17) is 0 Å². The van der Waals surface area contributed by atoms with Crippen LogP contribution in [-0.2, 0) is 10.0 Å². The highest BCUT2D eigenvalue weighted by atomic mass is 32.2. The lowest BCUT2D eigenvalue weighted by Gasteiger charge is -2.19. The van der Waals surface area contributed by atoms with Crippen LogP contribution in [0, 0.1) is 0 Å². The van der Waals surface area contributed by atoms with Crippen molar-refractivity contribution in [2.45, 2.75) is 4.90 Å². The Balaban J connectivity index is 2.75. The Morgan fingerprint density at radius 2 is 2.30 bits per heavy atom. The van der Waals surface area contributed by atoms with Gasteiger partial charge in [-0.25, -0.2) is 8.42 Å². The highest BCUT2D eigenvalue weighted by Gasteiger charge is 2.28. The summed E-state index contributed by atoms with van der Waals surface area (Å²) in [5, 5.41) is 0. The molecule has 0 saturated heterocycles. The summed E-state index contributed by atoms with van der Waals surface area (Å²) in [5.41, 5.74) is 0.586. The van der Waals surface area contributed by atoms with Gasteiger partial charge in [0, 0.05) is 6.20 Å². The summed E-state index contributed by atoms with van der Waals surface area (Å²) in [5.74, 6) is 0. The minimum absolute atomic E-state index is 0.336. The number of fused-ring (bicyclic) bond motifs is 1. The molecule has 2 heterocycles. The van der Waals surface area contributed by atoms with Gasteiger partial charge >= 0.3 is 0 Å². The van der Waals surface area contributed by atoms with Crippen LogP contribution >= 0.6 is 0 Å². The van der Waals surface area contributed by atoms with Gasteiger partial charge in [-0.15, -0.1) is 0 Å². The van der Waals surface area contributed by atoms with Crippen LogP contribution in [-0.4, -0.2) is 13.4 Å². The Morgan fingerprint density at radius 1 is 1.50 bits per heavy atom. The van der Waals surface area contributed by atoms with Crippen molar-refractivity contribution in [2.75, 3.05) is 4.72 Å². The SMILES string of the molecule is O=S1(=O)Nc2cnccc21. The van der Waals surface area contributed by atoms with Crippen molar-refractivity contribution in [3.63, 3.8) is 0 Å². The van der Waals surface area contributed by atoms with Crippen LogP contribution in [0.4, 0.5) is 5.69 Å². The molecule has 4 nitrogen and oxygen atoms in total. The number of aromatic nitrogens is 1. The van der Waals surface area contributed by atoms with Gasteiger partial charge in [-0.05, 0) is 6.07 Å². The van der Waals surface area contributed by atoms with Gasteiger partial charge in [0.2, 0.25) is 0 Å². The van der Waals surface area contributed by atoms with Crippen molar-refractivity contribution < 1.29 is 8.42 Å². The second-order valence-electron chi connectivity index (χ2n) is 1.98. The average molecular weight is 156 g/mol. The molecule has 0 bridgehead atoms. The molecule has 0 unspecified atom stereocenters. The average Bonchev–Trinajstić information content (AvgIpc) is 1.86. The zero-order valence-electron chi connectivity index (χ0n) is 4.90. The number of sulfonamides is 1. The smallest absolute Gasteiger partial charge is 0.264 e. The number of pyridine rings is 1. The van der Waals surface area contributed by atoms with Gasteiger partial charge in [-0.3, -0.25) is 9.71 Å². The van der Waals surface area contributed by atoms with Gasteiger partial charge in [-0.2, -0.15) is 0 Å². The number of hydrogen-bond donors (Lipinski definition) is 1. The first kappa shape index (κ1) is 5.67. The molecule has 0 amide bonds. The van der Waals surface area contributed by atoms with Gasteiger partial charge in [0.15, 0.2) is 0 Å². The van der Waals surface area contributed by atoms with Gasteiger partial charge in [0.05, 0.1) is 11.9 Å². The first-order valence-corrected chi connectivity index (χ1v) is 4.15. The molecular weight excluding hydrogens is 152 g/mol. The fourth-order valence-corrected chi connectivity index (χ4v) is 1.89. The van der Waals surface area contributed by atoms with Gasteiger partial charge in [0.1, 0.15) is 4.90 Å². The molecule has 0 aliphatic carbocycles. The summed E-state index contributed by atoms with van der Waals surface area (Å²) in [6.45, 7) is 0. The highest BCUT2D eigenvalue weighted by Crippen LogP contribution is 2.30. The third-order valence-electron chi connectivity index (χ3n) is 1.31. The Hall–Kier alpha value is -1.10. The lowest BCUT2D eigenvalue weighted by molar-refractivity contribution is 0.596. The zero-order valence-corrected chi connectivity index (χ0v) is 5.72. The van der Waals surface area contributed by atoms with Gasteiger partial charge < -0.3 is 0 Å². The van der Waals surface area contributed by atoms with E-state index >= 15 is 0 Å². The van der Waals surface area contributed by atoms with E-state index in [0.29, 0.717) is 10.6 Å². The maximum atomic E-state index is 10.8. The molecule has 0 fully saturated rings. The van der Waals surface area contributed by atoms with Crippen LogP contribution < -0.4 is 4.72 Å². The van der Waals surface area contributed by atoms with Gasteiger partial charge in [-0.1, -0.05) is 0 Å². The van der Waals surface area contributed by atoms with E-state index in [-0.39, 0.29) is 0 Å². The fraction of sp³-hybridized carbons (Fsp3) is 0. The molecule has 10 heavy (non-hydrogen) atoms. The van der Waals surface area contributed by atoms with E-state index in [1.807, 2.05) is 0 Å². The number of nitrogens with one attached hydrogen (secondary N) is 1. The van der Waals surface area contributed by atoms with Crippen molar-refractivity contribution in [1.29, 1.82) is 0 Å². The van der Waals surface area contributed by atoms with Crippen LogP contribution in [0.3, 0.4) is 0 Å². The second-order valence-corrected chi connectivity index (χ2v) is 3.63. The minimum Gasteiger partial charge on any atom is -0.277 e. The number of nitrogens with zero attached hydrogens (tertiary/aromatic N) is 1. The zero-order chi connectivity index (χ0) is 7.19. The monoisotopic (exact) mass is 156 g/mol. The van der Waals surface area contributed by atoms with E-state index in [1.165, 1.54) is 18.5 Å². The van der Waals surface area contributed by atoms with Crippen molar-refractivity contribution >= 4 is 15.7 Å². The molecule has 1 aliphatic rings. The van der Waals surface area contributed by atoms with Crippen LogP contribution in [0.25, 0.3) is 0 Å². The molecule has 5 heteroatoms. The van der Waals surface area contributed by atoms with Crippen molar-refractivity contribution in [3.8, 4) is 0 Å². The Morgan fingerprint density at radius 3 is 2.80 bits per heavy atom. The predicted octanol–water partition coefficient (Wildman–Crippen LogP) is 0.196. The molecule has 1 aromatic heterocycles. The largest absolute Gasteiger partial charge is 0.277 e. The third kappa shape index (κ3) is 0.550. The highest BCUT2D eigenvalue weighted by molar-refractivity contribution is 7.94. The lowest BCUT2D eigenvalue weighted by atomic mass is 10.4. The molecule has 2 rings (SSSR count). The minimum atomic E-state index is -3.13. The maximum Gasteiger partial charge on any atom is 0.264 e. The normalized spacial score (nSPS) is 18.4. The topological polar surface area (TPSA) is 59.1 Å². The van der Waals surface area contributed by atoms with Crippen molar-refractivity contribution in [1.82, 2.24) is 4.98 Å². The molecule has 52 valence electrons. The number of anilines is 1. The Bertz CT molecular complexity index is 371. The standard InChI is InChI=1S/C5H4N2O2S/c8-10(9)5-1-2-6-3-4(5)7-10/h1-3,7H. The van der Waals surface area contributed by atoms with E-state index in [2.05, 4.69) is 9.71 Å². The van der Waals surface area contributed by atoms with E-state index in [9.17, 15) is 8.42 Å². The first-order chi connectivity index (χ1) is 4.70. The van der Waals surface area contributed by atoms with E-state index in [1.54, 1.807) is 0 Å². The molecule has 1 aromatic rings. The molecule has 1 aliphatic heterocycles. The van der Waals surface area contributed by atoms with E-state index < -0.39 is 10.0 Å². The lowest BCUT2D eigenvalue weighted by Crippen LogP contribution is -2.24. The summed E-state index contributed by atoms with van der Waals surface area (Å²) in [6.07, 6.45) is 2.94. The molecule has 0 spiro atoms. The van der Waals surface area contributed by atoms with Crippen molar-refractivity contribution in [2.24, 2.45) is 0 Å². The van der Waals surface area contributed by atoms with Crippen LogP contribution in [0.5, 0.6) is 0 Å². The summed E-state index contributed by atoms with van der Waals surface area (Å²) < 4.78 is 23.8. The summed E-state index contributed by atoms with van der Waals surface area (Å²) in [4.78, 5) is 4.07. The fourth-order valence-electron chi connectivity index (χ4n) is 0.846. The Labute approximate surface area is 58.0 Å². The third-order valence-corrected chi connectivity index (χ3v) is 2.74. The van der Waals surface area contributed by atoms with E-state index in [0.717, 1.165) is 0 Å². The molecule has 1 N–H and O–H groups in total. The summed E-state index contributed by atoms with van der Waals surface area (Å²) >= 11 is 0. The van der Waals surface area contributed by atoms with Crippen molar-refractivity contribution in [3.05, 3.63) is 18.5 Å². The quantitative estimate of drug-likeness (QED) is 0.583. The first-order valence-electron chi connectivity index (χ1n) is 2.67. The maximum absolute atomic E-state index is 10.8. The molecule has 0 saturated carbocycles. The molecule has 0 radical (unpaired) electrons. The number of hydrogen-bond acceptors (Lipinski definition) is 3. The van der Waals surface area contributed by atoms with Crippen LogP contribution in [0.15, 0.2) is 23.4 Å². The predicted molar refractivity (Wildman–Crippen MR) is 35.0 cm³/mol. The molecular formula is C5H4N2O2S. The number of rotatable bonds is 0. The van der Waals surface area contributed by atoms with Gasteiger partial charge in [0.25, 0.3) is 10.0 Å². The van der Waals surface area contributed by atoms with Crippen LogP contribution in [0.2, 0.25) is 0 Å². The van der Waals surface area contributed by atoms with Crippen LogP contribution in [0.1, 0.15) is 0 Å². The Kier molecular flexibility index (Phi) is 0.843. The second kappa shape index (κ2) is 1.49. The summed E-state index contributed by atoms with van der Waals surface area (Å²) in [6, 6.07) is 1.47. The molecule has 0 atom stereocenters. The summed E-state index contributed by atoms with van der Waals surface area (Å²) in [7, 11) is -3.13.